The van der Waals surface area contributed by atoms with Crippen molar-refractivity contribution in [1.29, 1.82) is 0 Å². The normalized spacial score (nSPS) is 24.0. The number of aliphatic hydroxyl groups is 1. The number of rotatable bonds is 13. The van der Waals surface area contributed by atoms with Crippen molar-refractivity contribution < 1.29 is 28.8 Å². The predicted octanol–water partition coefficient (Wildman–Crippen LogP) is 4.89. The average molecular weight is 493 g/mol. The van der Waals surface area contributed by atoms with Crippen LogP contribution in [0.5, 0.6) is 0 Å². The Labute approximate surface area is 213 Å². The summed E-state index contributed by atoms with van der Waals surface area (Å²) < 4.78 is 31.7. The van der Waals surface area contributed by atoms with Gasteiger partial charge in [0.05, 0.1) is 32.5 Å². The summed E-state index contributed by atoms with van der Waals surface area (Å²) in [6, 6.07) is 30.1. The maximum atomic E-state index is 9.25. The number of aliphatic hydroxyl groups excluding tert-OH is 1. The molecular weight excluding hydrogens is 456 g/mol. The van der Waals surface area contributed by atoms with Crippen molar-refractivity contribution in [2.45, 2.75) is 63.9 Å². The average Bonchev–Trinajstić information content (AvgIpc) is 2.92. The molecule has 1 fully saturated rings. The molecule has 0 radical (unpaired) electrons. The fraction of sp³-hybridized carbons (Fsp3) is 0.400. The molecule has 0 aliphatic carbocycles. The number of benzene rings is 3. The minimum absolute atomic E-state index is 0.0502. The summed E-state index contributed by atoms with van der Waals surface area (Å²) in [6.45, 7) is 3.63. The largest absolute Gasteiger partial charge is 0.396 e. The van der Waals surface area contributed by atoms with E-state index in [-0.39, 0.29) is 18.8 Å². The molecule has 0 saturated carbocycles. The smallest absolute Gasteiger partial charge is 0.186 e. The minimum Gasteiger partial charge on any atom is -0.396 e. The second kappa shape index (κ2) is 14.2. The zero-order chi connectivity index (χ0) is 25.0. The van der Waals surface area contributed by atoms with Crippen molar-refractivity contribution >= 4 is 0 Å². The van der Waals surface area contributed by atoms with E-state index in [0.29, 0.717) is 32.8 Å². The zero-order valence-corrected chi connectivity index (χ0v) is 20.8. The van der Waals surface area contributed by atoms with Gasteiger partial charge in [-0.15, -0.1) is 0 Å². The predicted molar refractivity (Wildman–Crippen MR) is 137 cm³/mol. The lowest BCUT2D eigenvalue weighted by atomic mass is 9.98. The van der Waals surface area contributed by atoms with Crippen LogP contribution in [0.4, 0.5) is 0 Å². The van der Waals surface area contributed by atoms with Crippen molar-refractivity contribution in [3.8, 4) is 0 Å². The highest BCUT2D eigenvalue weighted by molar-refractivity contribution is 5.15. The molecule has 1 N–H and O–H groups in total. The number of hydrogen-bond acceptors (Lipinski definition) is 6. The van der Waals surface area contributed by atoms with Crippen LogP contribution >= 0.6 is 0 Å². The first-order valence-electron chi connectivity index (χ1n) is 12.6. The number of hydrogen-bond donors (Lipinski definition) is 1. The third-order valence-corrected chi connectivity index (χ3v) is 6.17. The third-order valence-electron chi connectivity index (χ3n) is 6.17. The van der Waals surface area contributed by atoms with Gasteiger partial charge in [0.1, 0.15) is 18.3 Å². The number of ether oxygens (including phenoxy) is 5. The first-order valence-corrected chi connectivity index (χ1v) is 12.6. The molecule has 0 aromatic heterocycles. The topological polar surface area (TPSA) is 66.4 Å². The molecule has 0 amide bonds. The molecule has 0 spiro atoms. The van der Waals surface area contributed by atoms with Gasteiger partial charge in [0, 0.05) is 6.61 Å². The highest BCUT2D eigenvalue weighted by Gasteiger charge is 2.47. The van der Waals surface area contributed by atoms with Crippen LogP contribution in [0, 0.1) is 0 Å². The van der Waals surface area contributed by atoms with E-state index in [1.807, 2.05) is 97.9 Å². The molecule has 1 aliphatic heterocycles. The quantitative estimate of drug-likeness (QED) is 0.343. The second-order valence-corrected chi connectivity index (χ2v) is 8.94. The highest BCUT2D eigenvalue weighted by Crippen LogP contribution is 2.31. The van der Waals surface area contributed by atoms with Crippen LogP contribution in [-0.2, 0) is 43.5 Å². The molecule has 1 saturated heterocycles. The lowest BCUT2D eigenvalue weighted by molar-refractivity contribution is -0.320. The Bertz CT molecular complexity index is 984. The maximum Gasteiger partial charge on any atom is 0.186 e. The molecular formula is C30H36O6. The SMILES string of the molecule is C[C@@H]1O[C@@H](OCCCO)[C@H](OCc2ccccc2)[C@H](OCc2ccccc2)[C@H]1OCc1ccccc1. The van der Waals surface area contributed by atoms with E-state index in [4.69, 9.17) is 23.7 Å². The molecule has 0 unspecified atom stereocenters. The van der Waals surface area contributed by atoms with Crippen LogP contribution in [-0.4, -0.2) is 49.0 Å². The Balaban J connectivity index is 1.55. The van der Waals surface area contributed by atoms with Gasteiger partial charge >= 0.3 is 0 Å². The standard InChI is InChI=1S/C30H36O6/c1-23-27(33-20-24-12-5-2-6-13-24)28(34-21-25-14-7-3-8-15-25)29(30(36-23)32-19-11-18-31)35-22-26-16-9-4-10-17-26/h2-10,12-17,23,27-31H,11,18-22H2,1H3/t23-,27-,28+,29+,30+/m0/s1. The third kappa shape index (κ3) is 7.71. The summed E-state index contributed by atoms with van der Waals surface area (Å²) in [5.41, 5.74) is 3.20. The van der Waals surface area contributed by atoms with Crippen LogP contribution in [0.1, 0.15) is 30.0 Å². The Morgan fingerprint density at radius 2 is 1.06 bits per heavy atom. The zero-order valence-electron chi connectivity index (χ0n) is 20.8. The van der Waals surface area contributed by atoms with E-state index in [1.165, 1.54) is 0 Å². The summed E-state index contributed by atoms with van der Waals surface area (Å²) >= 11 is 0. The molecule has 36 heavy (non-hydrogen) atoms. The van der Waals surface area contributed by atoms with Crippen molar-refractivity contribution in [3.05, 3.63) is 108 Å². The van der Waals surface area contributed by atoms with E-state index in [0.717, 1.165) is 16.7 Å². The fourth-order valence-electron chi connectivity index (χ4n) is 4.27. The van der Waals surface area contributed by atoms with Crippen molar-refractivity contribution in [2.75, 3.05) is 13.2 Å². The van der Waals surface area contributed by atoms with E-state index >= 15 is 0 Å². The van der Waals surface area contributed by atoms with Gasteiger partial charge in [-0.05, 0) is 30.0 Å². The van der Waals surface area contributed by atoms with Crippen LogP contribution in [0.25, 0.3) is 0 Å². The Kier molecular flexibility index (Phi) is 10.5. The van der Waals surface area contributed by atoms with Crippen LogP contribution in [0.3, 0.4) is 0 Å². The van der Waals surface area contributed by atoms with Crippen LogP contribution in [0.2, 0.25) is 0 Å². The molecule has 0 bridgehead atoms. The molecule has 6 heteroatoms. The van der Waals surface area contributed by atoms with Crippen LogP contribution < -0.4 is 0 Å². The molecule has 3 aromatic rings. The molecule has 1 aliphatic rings. The van der Waals surface area contributed by atoms with Crippen molar-refractivity contribution in [3.63, 3.8) is 0 Å². The van der Waals surface area contributed by atoms with Gasteiger partial charge in [0.2, 0.25) is 0 Å². The second-order valence-electron chi connectivity index (χ2n) is 8.94. The summed E-state index contributed by atoms with van der Waals surface area (Å²) in [5, 5.41) is 9.25. The van der Waals surface area contributed by atoms with Crippen molar-refractivity contribution in [1.82, 2.24) is 0 Å². The van der Waals surface area contributed by atoms with E-state index < -0.39 is 18.5 Å². The molecule has 5 atom stereocenters. The van der Waals surface area contributed by atoms with Gasteiger partial charge in [0.15, 0.2) is 6.29 Å². The van der Waals surface area contributed by atoms with Gasteiger partial charge < -0.3 is 28.8 Å². The summed E-state index contributed by atoms with van der Waals surface area (Å²) in [6.07, 6.45) is -1.74. The van der Waals surface area contributed by atoms with Crippen LogP contribution in [0.15, 0.2) is 91.0 Å². The van der Waals surface area contributed by atoms with E-state index in [9.17, 15) is 5.11 Å². The van der Waals surface area contributed by atoms with Crippen molar-refractivity contribution in [2.24, 2.45) is 0 Å². The van der Waals surface area contributed by atoms with Gasteiger partial charge in [0.25, 0.3) is 0 Å². The molecule has 3 aromatic carbocycles. The highest BCUT2D eigenvalue weighted by atomic mass is 16.7. The first kappa shape index (κ1) is 26.5. The van der Waals surface area contributed by atoms with Gasteiger partial charge in [-0.2, -0.15) is 0 Å². The van der Waals surface area contributed by atoms with E-state index in [2.05, 4.69) is 0 Å². The molecule has 192 valence electrons. The Hall–Kier alpha value is -2.58. The van der Waals surface area contributed by atoms with Gasteiger partial charge in [-0.25, -0.2) is 0 Å². The Morgan fingerprint density at radius 1 is 0.611 bits per heavy atom. The summed E-state index contributed by atoms with van der Waals surface area (Å²) in [4.78, 5) is 0. The first-order chi connectivity index (χ1) is 17.7. The fourth-order valence-corrected chi connectivity index (χ4v) is 4.27. The Morgan fingerprint density at radius 3 is 1.53 bits per heavy atom. The lowest BCUT2D eigenvalue weighted by Gasteiger charge is -2.45. The van der Waals surface area contributed by atoms with Gasteiger partial charge in [-0.1, -0.05) is 91.0 Å². The molecule has 6 nitrogen and oxygen atoms in total. The van der Waals surface area contributed by atoms with E-state index in [1.54, 1.807) is 0 Å². The molecule has 4 rings (SSSR count). The minimum atomic E-state index is -0.646. The van der Waals surface area contributed by atoms with Gasteiger partial charge in [-0.3, -0.25) is 0 Å². The monoisotopic (exact) mass is 492 g/mol. The maximum absolute atomic E-state index is 9.25. The summed E-state index contributed by atoms with van der Waals surface area (Å²) in [7, 11) is 0. The summed E-state index contributed by atoms with van der Waals surface area (Å²) in [5.74, 6) is 0. The molecule has 1 heterocycles. The lowest BCUT2D eigenvalue weighted by Crippen LogP contribution is -2.60.